The number of fused-ring (bicyclic) bond motifs is 3. The summed E-state index contributed by atoms with van der Waals surface area (Å²) < 4.78 is 45.1. The highest BCUT2D eigenvalue weighted by Crippen LogP contribution is 2.45. The number of anilines is 1. The summed E-state index contributed by atoms with van der Waals surface area (Å²) >= 11 is 0. The summed E-state index contributed by atoms with van der Waals surface area (Å²) in [6, 6.07) is 5.58. The Morgan fingerprint density at radius 2 is 2.03 bits per heavy atom. The predicted molar refractivity (Wildman–Crippen MR) is 131 cm³/mol. The molecule has 3 atom stereocenters. The number of rotatable bonds is 7. The summed E-state index contributed by atoms with van der Waals surface area (Å²) in [5, 5.41) is -0.773. The van der Waals surface area contributed by atoms with Gasteiger partial charge in [0.1, 0.15) is 28.1 Å². The third-order valence-corrected chi connectivity index (χ3v) is 8.71. The van der Waals surface area contributed by atoms with Gasteiger partial charge in [-0.15, -0.1) is 0 Å². The summed E-state index contributed by atoms with van der Waals surface area (Å²) in [6.07, 6.45) is 1.90. The molecule has 190 valence electrons. The molecule has 3 rings (SSSR count). The van der Waals surface area contributed by atoms with Crippen molar-refractivity contribution in [1.29, 1.82) is 0 Å². The van der Waals surface area contributed by atoms with Crippen LogP contribution in [0.1, 0.15) is 51.7 Å². The van der Waals surface area contributed by atoms with Crippen molar-refractivity contribution in [2.75, 3.05) is 39.7 Å². The maximum absolute atomic E-state index is 13.8. The smallest absolute Gasteiger partial charge is 0.319 e. The molecule has 0 bridgehead atoms. The zero-order chi connectivity index (χ0) is 25.3. The number of sulfonamides is 1. The summed E-state index contributed by atoms with van der Waals surface area (Å²) in [6.45, 7) is 7.62. The molecule has 0 amide bonds. The Bertz CT molecular complexity index is 1050. The minimum absolute atomic E-state index is 0.0818. The van der Waals surface area contributed by atoms with Crippen LogP contribution in [0.4, 0.5) is 5.69 Å². The number of carbonyl (C=O) groups excluding carboxylic acids is 1. The number of hydrogen-bond donors (Lipinski definition) is 1. The van der Waals surface area contributed by atoms with Gasteiger partial charge < -0.3 is 19.9 Å². The van der Waals surface area contributed by atoms with Crippen LogP contribution in [-0.2, 0) is 41.0 Å². The molecule has 1 aliphatic heterocycles. The van der Waals surface area contributed by atoms with Crippen molar-refractivity contribution >= 4 is 27.5 Å². The van der Waals surface area contributed by atoms with Gasteiger partial charge in [-0.25, -0.2) is 8.42 Å². The van der Waals surface area contributed by atoms with E-state index < -0.39 is 38.3 Å². The topological polar surface area (TPSA) is 121 Å². The van der Waals surface area contributed by atoms with Crippen molar-refractivity contribution in [3.63, 3.8) is 0 Å². The second kappa shape index (κ2) is 9.83. The zero-order valence-corrected chi connectivity index (χ0v) is 21.8. The van der Waals surface area contributed by atoms with Crippen LogP contribution in [0.5, 0.6) is 0 Å². The Morgan fingerprint density at radius 1 is 1.32 bits per heavy atom. The molecule has 1 heterocycles. The van der Waals surface area contributed by atoms with Gasteiger partial charge in [0.15, 0.2) is 0 Å². The van der Waals surface area contributed by atoms with Crippen molar-refractivity contribution in [1.82, 2.24) is 4.31 Å². The molecule has 1 aliphatic carbocycles. The van der Waals surface area contributed by atoms with E-state index in [1.165, 1.54) is 7.05 Å². The minimum Gasteiger partial charge on any atom is -0.459 e. The van der Waals surface area contributed by atoms with E-state index in [1.54, 1.807) is 27.9 Å². The van der Waals surface area contributed by atoms with Gasteiger partial charge in [0.25, 0.3) is 0 Å². The quantitative estimate of drug-likeness (QED) is 0.350. The summed E-state index contributed by atoms with van der Waals surface area (Å²) in [7, 11) is -0.831. The maximum atomic E-state index is 13.8. The number of carbonyl (C=O) groups is 1. The summed E-state index contributed by atoms with van der Waals surface area (Å²) in [4.78, 5) is 18.3. The number of aryl methyl sites for hydroxylation is 1. The number of nitrogens with two attached hydrogens (primary N) is 1. The molecule has 0 radical (unpaired) electrons. The summed E-state index contributed by atoms with van der Waals surface area (Å²) in [5.74, 6) is -1.50. The molecule has 2 aliphatic rings. The fourth-order valence-electron chi connectivity index (χ4n) is 4.68. The maximum Gasteiger partial charge on any atom is 0.319 e. The molecule has 0 saturated carbocycles. The Morgan fingerprint density at radius 3 is 2.68 bits per heavy atom. The van der Waals surface area contributed by atoms with Crippen LogP contribution in [-0.4, -0.2) is 69.4 Å². The van der Waals surface area contributed by atoms with E-state index in [0.29, 0.717) is 25.1 Å². The van der Waals surface area contributed by atoms with Crippen LogP contribution in [0.15, 0.2) is 23.2 Å². The lowest BCUT2D eigenvalue weighted by atomic mass is 9.85. The number of hydrogen-bond acceptors (Lipinski definition) is 8. The SMILES string of the molecule is COCCOCC(C(=O)OC(C)(C)C)C1=N[C@]2(C)c3cc(N)ccc3CCC[C@H]2S(=O)(=O)N1C. The molecule has 0 saturated heterocycles. The molecule has 10 heteroatoms. The normalized spacial score (nSPS) is 24.9. The lowest BCUT2D eigenvalue weighted by Gasteiger charge is -2.43. The minimum atomic E-state index is -3.83. The largest absolute Gasteiger partial charge is 0.459 e. The highest BCUT2D eigenvalue weighted by Gasteiger charge is 2.53. The van der Waals surface area contributed by atoms with Gasteiger partial charge in [0.05, 0.1) is 19.8 Å². The Balaban J connectivity index is 2.15. The van der Waals surface area contributed by atoms with Gasteiger partial charge in [-0.05, 0) is 70.2 Å². The number of amidine groups is 1. The first kappa shape index (κ1) is 26.4. The molecule has 1 aromatic rings. The molecule has 1 unspecified atom stereocenters. The molecule has 1 aromatic carbocycles. The van der Waals surface area contributed by atoms with Crippen molar-refractivity contribution in [2.45, 2.75) is 63.3 Å². The molecule has 9 nitrogen and oxygen atoms in total. The van der Waals surface area contributed by atoms with E-state index in [4.69, 9.17) is 24.9 Å². The first-order chi connectivity index (χ1) is 15.8. The lowest BCUT2D eigenvalue weighted by molar-refractivity contribution is -0.159. The van der Waals surface area contributed by atoms with Crippen molar-refractivity contribution in [3.8, 4) is 0 Å². The first-order valence-corrected chi connectivity index (χ1v) is 13.1. The van der Waals surface area contributed by atoms with Gasteiger partial charge in [-0.3, -0.25) is 14.1 Å². The molecular formula is C24H37N3O6S. The van der Waals surface area contributed by atoms with Gasteiger partial charge >= 0.3 is 5.97 Å². The van der Waals surface area contributed by atoms with E-state index in [-0.39, 0.29) is 19.0 Å². The molecule has 0 fully saturated rings. The van der Waals surface area contributed by atoms with E-state index in [2.05, 4.69) is 0 Å². The number of esters is 1. The van der Waals surface area contributed by atoms with Crippen molar-refractivity contribution in [3.05, 3.63) is 29.3 Å². The van der Waals surface area contributed by atoms with Gasteiger partial charge in [-0.2, -0.15) is 0 Å². The molecule has 34 heavy (non-hydrogen) atoms. The molecule has 0 aromatic heterocycles. The highest BCUT2D eigenvalue weighted by molar-refractivity contribution is 7.90. The third-order valence-electron chi connectivity index (χ3n) is 6.35. The van der Waals surface area contributed by atoms with Gasteiger partial charge in [0, 0.05) is 19.8 Å². The number of benzene rings is 1. The van der Waals surface area contributed by atoms with E-state index in [0.717, 1.165) is 21.9 Å². The number of methoxy groups -OCH3 is 1. The average Bonchev–Trinajstić information content (AvgIpc) is 2.87. The van der Waals surface area contributed by atoms with Crippen LogP contribution in [0.25, 0.3) is 0 Å². The molecule has 0 spiro atoms. The lowest BCUT2D eigenvalue weighted by Crippen LogP contribution is -2.57. The van der Waals surface area contributed by atoms with E-state index in [9.17, 15) is 13.2 Å². The summed E-state index contributed by atoms with van der Waals surface area (Å²) in [5.41, 5.74) is 6.59. The Labute approximate surface area is 202 Å². The van der Waals surface area contributed by atoms with Crippen molar-refractivity contribution < 1.29 is 27.4 Å². The van der Waals surface area contributed by atoms with Crippen LogP contribution < -0.4 is 5.73 Å². The molecular weight excluding hydrogens is 458 g/mol. The monoisotopic (exact) mass is 495 g/mol. The number of nitrogen functional groups attached to an aromatic ring is 1. The third kappa shape index (κ3) is 5.23. The van der Waals surface area contributed by atoms with Crippen molar-refractivity contribution in [2.24, 2.45) is 10.9 Å². The highest BCUT2D eigenvalue weighted by atomic mass is 32.2. The zero-order valence-electron chi connectivity index (χ0n) is 21.0. The fourth-order valence-corrected chi connectivity index (χ4v) is 6.71. The van der Waals surface area contributed by atoms with Gasteiger partial charge in [-0.1, -0.05) is 6.07 Å². The van der Waals surface area contributed by atoms with E-state index in [1.807, 2.05) is 25.1 Å². The van der Waals surface area contributed by atoms with Crippen LogP contribution in [0, 0.1) is 5.92 Å². The van der Waals surface area contributed by atoms with Gasteiger partial charge in [0.2, 0.25) is 10.0 Å². The van der Waals surface area contributed by atoms with E-state index >= 15 is 0 Å². The van der Waals surface area contributed by atoms with Crippen LogP contribution in [0.2, 0.25) is 0 Å². The number of ether oxygens (including phenoxy) is 3. The second-order valence-electron chi connectivity index (χ2n) is 10.1. The predicted octanol–water partition coefficient (Wildman–Crippen LogP) is 2.48. The number of nitrogens with zero attached hydrogens (tertiary/aromatic N) is 2. The van der Waals surface area contributed by atoms with Crippen LogP contribution >= 0.6 is 0 Å². The van der Waals surface area contributed by atoms with Crippen LogP contribution in [0.3, 0.4) is 0 Å². The Kier molecular flexibility index (Phi) is 7.64. The molecule has 2 N–H and O–H groups in total. The Hall–Kier alpha value is -2.17. The number of aliphatic imine (C=N–C) groups is 1. The second-order valence-corrected chi connectivity index (χ2v) is 12.2. The first-order valence-electron chi connectivity index (χ1n) is 11.6. The average molecular weight is 496 g/mol. The standard InChI is InChI=1S/C24H37N3O6S/c1-23(2,3)33-22(28)18(15-32-13-12-31-6)21-26-24(4)19-14-17(25)11-10-16(19)8-7-9-20(24)34(29,30)27(21)5/h10-11,14,18,20H,7-9,12-13,15,25H2,1-6H3/t18?,20-,24-/m1/s1. The fraction of sp³-hybridized carbons (Fsp3) is 0.667.